The molecule has 0 bridgehead atoms. The average Bonchev–Trinajstić information content (AvgIpc) is 3.09. The Bertz CT molecular complexity index is 1160. The molecule has 1 atom stereocenters. The molecule has 2 aliphatic rings. The van der Waals surface area contributed by atoms with E-state index < -0.39 is 34.2 Å². The summed E-state index contributed by atoms with van der Waals surface area (Å²) < 4.78 is 19.9. The summed E-state index contributed by atoms with van der Waals surface area (Å²) in [6, 6.07) is 5.64. The third-order valence-electron chi connectivity index (χ3n) is 5.82. The van der Waals surface area contributed by atoms with Gasteiger partial charge in [0.2, 0.25) is 6.79 Å². The Morgan fingerprint density at radius 1 is 1.18 bits per heavy atom. The summed E-state index contributed by atoms with van der Waals surface area (Å²) in [4.78, 5) is 38.3. The quantitative estimate of drug-likeness (QED) is 0.394. The first-order chi connectivity index (χ1) is 16.1. The molecule has 182 valence electrons. The van der Waals surface area contributed by atoms with Gasteiger partial charge in [-0.05, 0) is 44.0 Å². The van der Waals surface area contributed by atoms with E-state index >= 15 is 0 Å². The van der Waals surface area contributed by atoms with Gasteiger partial charge in [-0.15, -0.1) is 34.5 Å². The molecule has 8 nitrogen and oxygen atoms in total. The van der Waals surface area contributed by atoms with Crippen molar-refractivity contribution in [3.05, 3.63) is 39.8 Å². The van der Waals surface area contributed by atoms with Gasteiger partial charge in [0.25, 0.3) is 5.91 Å². The van der Waals surface area contributed by atoms with E-state index in [1.54, 1.807) is 20.8 Å². The molecule has 34 heavy (non-hydrogen) atoms. The molecule has 1 amide bonds. The second-order valence-electron chi connectivity index (χ2n) is 8.28. The number of hydrogen-bond acceptors (Lipinski definition) is 8. The fraction of sp³-hybridized carbons (Fsp3) is 0.435. The van der Waals surface area contributed by atoms with E-state index in [-0.39, 0.29) is 25.4 Å². The van der Waals surface area contributed by atoms with E-state index in [0.29, 0.717) is 28.5 Å². The third kappa shape index (κ3) is 4.69. The first-order valence-electron chi connectivity index (χ1n) is 10.6. The van der Waals surface area contributed by atoms with Crippen LogP contribution in [0.25, 0.3) is 0 Å². The largest absolute Gasteiger partial charge is 0.462 e. The van der Waals surface area contributed by atoms with Crippen LogP contribution in [0.15, 0.2) is 18.2 Å². The molecule has 0 radical (unpaired) electrons. The molecule has 0 spiro atoms. The molecule has 0 saturated heterocycles. The lowest BCUT2D eigenvalue weighted by Crippen LogP contribution is -2.27. The predicted octanol–water partition coefficient (Wildman–Crippen LogP) is 4.62. The standard InChI is InChI=1S/C23H23Cl2NO7S/c1-4-30-20(28)18-12(2)16(8-13-5-6-14-15(7-13)33-11-32-14)34-19(18)26-17(27)9-31-21(29)22(3)10-23(22,24)25/h5-7H,4,8-11H2,1-3H3,(H,26,27). The van der Waals surface area contributed by atoms with Crippen molar-refractivity contribution in [3.8, 4) is 11.5 Å². The van der Waals surface area contributed by atoms with Crippen molar-refractivity contribution in [2.45, 2.75) is 37.9 Å². The van der Waals surface area contributed by atoms with Gasteiger partial charge in [0, 0.05) is 17.7 Å². The van der Waals surface area contributed by atoms with Crippen LogP contribution in [-0.4, -0.2) is 42.2 Å². The monoisotopic (exact) mass is 527 g/mol. The van der Waals surface area contributed by atoms with Gasteiger partial charge in [0.15, 0.2) is 18.1 Å². The number of carbonyl (C=O) groups excluding carboxylic acids is 3. The number of nitrogens with one attached hydrogen (secondary N) is 1. The maximum Gasteiger partial charge on any atom is 0.341 e. The highest BCUT2D eigenvalue weighted by Crippen LogP contribution is 2.64. The SMILES string of the molecule is CCOC(=O)c1c(NC(=O)COC(=O)C2(C)CC2(Cl)Cl)sc(Cc2ccc3c(c2)OCO3)c1C. The Morgan fingerprint density at radius 3 is 2.56 bits per heavy atom. The molecule has 4 rings (SSSR count). The maximum atomic E-state index is 12.6. The van der Waals surface area contributed by atoms with Crippen LogP contribution in [0.2, 0.25) is 0 Å². The maximum absolute atomic E-state index is 12.6. The van der Waals surface area contributed by atoms with Crippen LogP contribution in [0.1, 0.15) is 46.6 Å². The summed E-state index contributed by atoms with van der Waals surface area (Å²) in [6.07, 6.45) is 0.764. The highest BCUT2D eigenvalue weighted by atomic mass is 35.5. The Hall–Kier alpha value is -2.49. The number of rotatable bonds is 8. The number of alkyl halides is 2. The fourth-order valence-electron chi connectivity index (χ4n) is 3.58. The Labute approximate surface area is 210 Å². The van der Waals surface area contributed by atoms with E-state index in [1.807, 2.05) is 18.2 Å². The number of ether oxygens (including phenoxy) is 4. The molecule has 1 N–H and O–H groups in total. The zero-order valence-corrected chi connectivity index (χ0v) is 21.1. The summed E-state index contributed by atoms with van der Waals surface area (Å²) in [5, 5.41) is 3.01. The van der Waals surface area contributed by atoms with Gasteiger partial charge < -0.3 is 24.3 Å². The summed E-state index contributed by atoms with van der Waals surface area (Å²) in [6.45, 7) is 4.92. The minimum atomic E-state index is -1.19. The zero-order valence-electron chi connectivity index (χ0n) is 18.8. The molecule has 1 aromatic carbocycles. The Balaban J connectivity index is 1.49. The van der Waals surface area contributed by atoms with Crippen LogP contribution < -0.4 is 14.8 Å². The highest BCUT2D eigenvalue weighted by Gasteiger charge is 2.69. The molecule has 1 aliphatic carbocycles. The molecule has 2 heterocycles. The molecule has 2 aromatic rings. The molecule has 1 unspecified atom stereocenters. The van der Waals surface area contributed by atoms with Crippen molar-refractivity contribution < 1.29 is 33.3 Å². The van der Waals surface area contributed by atoms with Crippen LogP contribution in [0, 0.1) is 12.3 Å². The molecule has 1 fully saturated rings. The topological polar surface area (TPSA) is 100 Å². The second kappa shape index (κ2) is 9.28. The van der Waals surface area contributed by atoms with Gasteiger partial charge in [0.1, 0.15) is 14.7 Å². The van der Waals surface area contributed by atoms with Gasteiger partial charge in [0.05, 0.1) is 12.2 Å². The number of fused-ring (bicyclic) bond motifs is 1. The normalized spacial score (nSPS) is 19.4. The summed E-state index contributed by atoms with van der Waals surface area (Å²) >= 11 is 13.2. The molecular weight excluding hydrogens is 505 g/mol. The highest BCUT2D eigenvalue weighted by molar-refractivity contribution is 7.17. The molecular formula is C23H23Cl2NO7S. The minimum Gasteiger partial charge on any atom is -0.462 e. The third-order valence-corrected chi connectivity index (χ3v) is 8.13. The molecule has 11 heteroatoms. The van der Waals surface area contributed by atoms with Crippen molar-refractivity contribution in [3.63, 3.8) is 0 Å². The number of carbonyl (C=O) groups is 3. The first-order valence-corrected chi connectivity index (χ1v) is 12.2. The number of hydrogen-bond donors (Lipinski definition) is 1. The van der Waals surface area contributed by atoms with E-state index in [4.69, 9.17) is 42.1 Å². The van der Waals surface area contributed by atoms with E-state index in [0.717, 1.165) is 10.4 Å². The number of esters is 2. The van der Waals surface area contributed by atoms with Crippen LogP contribution in [0.5, 0.6) is 11.5 Å². The van der Waals surface area contributed by atoms with Gasteiger partial charge >= 0.3 is 11.9 Å². The van der Waals surface area contributed by atoms with Gasteiger partial charge in [-0.2, -0.15) is 0 Å². The minimum absolute atomic E-state index is 0.181. The number of halogens is 2. The van der Waals surface area contributed by atoms with Crippen molar-refractivity contribution in [1.29, 1.82) is 0 Å². The van der Waals surface area contributed by atoms with E-state index in [9.17, 15) is 14.4 Å². The lowest BCUT2D eigenvalue weighted by Gasteiger charge is -2.12. The number of thiophene rings is 1. The predicted molar refractivity (Wildman–Crippen MR) is 127 cm³/mol. The molecule has 1 aromatic heterocycles. The summed E-state index contributed by atoms with van der Waals surface area (Å²) in [7, 11) is 0. The number of benzene rings is 1. The van der Waals surface area contributed by atoms with E-state index in [2.05, 4.69) is 5.32 Å². The second-order valence-corrected chi connectivity index (χ2v) is 10.9. The molecule has 1 saturated carbocycles. The van der Waals surface area contributed by atoms with Crippen LogP contribution in [0.3, 0.4) is 0 Å². The fourth-order valence-corrected chi connectivity index (χ4v) is 5.51. The van der Waals surface area contributed by atoms with Gasteiger partial charge in [-0.25, -0.2) is 4.79 Å². The Kier molecular flexibility index (Phi) is 6.72. The Morgan fingerprint density at radius 2 is 1.88 bits per heavy atom. The van der Waals surface area contributed by atoms with Gasteiger partial charge in [-0.1, -0.05) is 6.07 Å². The van der Waals surface area contributed by atoms with E-state index in [1.165, 1.54) is 11.3 Å². The van der Waals surface area contributed by atoms with Gasteiger partial charge in [-0.3, -0.25) is 9.59 Å². The van der Waals surface area contributed by atoms with Crippen molar-refractivity contribution in [1.82, 2.24) is 0 Å². The number of amides is 1. The smallest absolute Gasteiger partial charge is 0.341 e. The van der Waals surface area contributed by atoms with Crippen LogP contribution >= 0.6 is 34.5 Å². The van der Waals surface area contributed by atoms with Crippen molar-refractivity contribution >= 4 is 57.4 Å². The lowest BCUT2D eigenvalue weighted by molar-refractivity contribution is -0.152. The van der Waals surface area contributed by atoms with Crippen molar-refractivity contribution in [2.24, 2.45) is 5.41 Å². The summed E-state index contributed by atoms with van der Waals surface area (Å²) in [5.74, 6) is -0.435. The van der Waals surface area contributed by atoms with Crippen molar-refractivity contribution in [2.75, 3.05) is 25.3 Å². The zero-order chi connectivity index (χ0) is 24.7. The average molecular weight is 528 g/mol. The lowest BCUT2D eigenvalue weighted by atomic mass is 10.1. The van der Waals surface area contributed by atoms with Crippen LogP contribution in [-0.2, 0) is 25.5 Å². The summed E-state index contributed by atoms with van der Waals surface area (Å²) in [5.41, 5.74) is 0.896. The molecule has 1 aliphatic heterocycles. The first kappa shape index (κ1) is 24.6. The number of anilines is 1. The van der Waals surface area contributed by atoms with Crippen LogP contribution in [0.4, 0.5) is 5.00 Å².